The zero-order valence-corrected chi connectivity index (χ0v) is 36.1. The summed E-state index contributed by atoms with van der Waals surface area (Å²) in [5.41, 5.74) is 1.73. The number of allylic oxidation sites excluding steroid dienone is 5. The third-order valence-electron chi connectivity index (χ3n) is 11.9. The Morgan fingerprint density at radius 1 is 1.13 bits per heavy atom. The van der Waals surface area contributed by atoms with Gasteiger partial charge in [0.1, 0.15) is 35.7 Å². The van der Waals surface area contributed by atoms with Gasteiger partial charge in [0.05, 0.1) is 38.5 Å². The number of anilines is 1. The Morgan fingerprint density at radius 3 is 2.52 bits per heavy atom. The van der Waals surface area contributed by atoms with Crippen molar-refractivity contribution in [1.82, 2.24) is 24.3 Å². The number of rotatable bonds is 19. The minimum absolute atomic E-state index is 0.0298. The number of piperazine rings is 1. The zero-order chi connectivity index (χ0) is 43.5. The van der Waals surface area contributed by atoms with Crippen LogP contribution in [0, 0.1) is 11.8 Å². The molecule has 2 saturated heterocycles. The molecule has 2 aromatic carbocycles. The molecule has 3 aromatic rings. The predicted octanol–water partition coefficient (Wildman–Crippen LogP) is 7.85. The fourth-order valence-corrected chi connectivity index (χ4v) is 8.41. The fourth-order valence-electron chi connectivity index (χ4n) is 8.41. The summed E-state index contributed by atoms with van der Waals surface area (Å²) < 4.78 is 51.0. The van der Waals surface area contributed by atoms with Crippen molar-refractivity contribution in [3.8, 4) is 5.75 Å². The molecule has 14 heteroatoms. The largest absolute Gasteiger partial charge is 0.493 e. The van der Waals surface area contributed by atoms with Gasteiger partial charge in [-0.25, -0.2) is 22.8 Å². The highest BCUT2D eigenvalue weighted by Crippen LogP contribution is 2.40. The third-order valence-corrected chi connectivity index (χ3v) is 11.9. The van der Waals surface area contributed by atoms with Crippen LogP contribution in [0.4, 0.5) is 14.5 Å². The van der Waals surface area contributed by atoms with Crippen molar-refractivity contribution in [2.24, 2.45) is 21.9 Å². The molecule has 0 bridgehead atoms. The van der Waals surface area contributed by atoms with E-state index in [2.05, 4.69) is 76.4 Å². The molecule has 326 valence electrons. The number of hydrogen-bond acceptors (Lipinski definition) is 9. The van der Waals surface area contributed by atoms with E-state index in [0.717, 1.165) is 55.0 Å². The molecular formula is C47H60F2N8O4. The van der Waals surface area contributed by atoms with E-state index in [1.807, 2.05) is 55.5 Å². The van der Waals surface area contributed by atoms with E-state index in [1.54, 1.807) is 22.6 Å². The van der Waals surface area contributed by atoms with Crippen LogP contribution in [-0.4, -0.2) is 108 Å². The van der Waals surface area contributed by atoms with Gasteiger partial charge >= 0.3 is 5.69 Å². The van der Waals surface area contributed by atoms with Crippen LogP contribution < -0.4 is 15.3 Å². The number of benzene rings is 2. The molecule has 12 nitrogen and oxygen atoms in total. The maximum absolute atomic E-state index is 15.2. The molecule has 0 spiro atoms. The van der Waals surface area contributed by atoms with E-state index in [-0.39, 0.29) is 47.8 Å². The van der Waals surface area contributed by atoms with E-state index in [1.165, 1.54) is 24.3 Å². The van der Waals surface area contributed by atoms with Crippen molar-refractivity contribution in [2.75, 3.05) is 57.9 Å². The highest BCUT2D eigenvalue weighted by Gasteiger charge is 2.46. The van der Waals surface area contributed by atoms with Crippen LogP contribution in [0.1, 0.15) is 52.1 Å². The first-order valence-corrected chi connectivity index (χ1v) is 21.1. The standard InChI is InChI=1S/C47H60F2N8O4/c1-8-39(48)26-43(49)35(4)47(31-55(51-7)32-50-6)27-38(30-61-47)29-60-42-18-15-40(16-19-42)53-21-23-54(24-22-53)45-20-17-41(25-34(45)3)56-33-52-57(46(56)58)44(9-2)36(5)59-28-37-13-11-10-12-14-37/h8,10-20,25-26,32-34,36,38,44-45H,4,7,9,21-24,27-31H2,1-3,5-6H3. The van der Waals surface area contributed by atoms with Gasteiger partial charge in [-0.15, -0.1) is 0 Å². The Labute approximate surface area is 358 Å². The molecule has 0 saturated carbocycles. The summed E-state index contributed by atoms with van der Waals surface area (Å²) in [5, 5.41) is 9.96. The van der Waals surface area contributed by atoms with Gasteiger partial charge in [0.25, 0.3) is 0 Å². The normalized spacial score (nSPS) is 23.6. The Balaban J connectivity index is 0.996. The topological polar surface area (TPSA) is 102 Å². The van der Waals surface area contributed by atoms with Gasteiger partial charge in [-0.1, -0.05) is 69.0 Å². The Bertz CT molecular complexity index is 2160. The van der Waals surface area contributed by atoms with Gasteiger partial charge in [-0.3, -0.25) is 14.9 Å². The second kappa shape index (κ2) is 20.9. The lowest BCUT2D eigenvalue weighted by Crippen LogP contribution is -2.51. The molecule has 3 aliphatic rings. The van der Waals surface area contributed by atoms with Gasteiger partial charge in [-0.2, -0.15) is 10.2 Å². The van der Waals surface area contributed by atoms with E-state index in [0.29, 0.717) is 32.7 Å². The van der Waals surface area contributed by atoms with Crippen LogP contribution >= 0.6 is 0 Å². The summed E-state index contributed by atoms with van der Waals surface area (Å²) in [6, 6.07) is 18.2. The van der Waals surface area contributed by atoms with Crippen LogP contribution in [-0.2, 0) is 16.1 Å². The van der Waals surface area contributed by atoms with Gasteiger partial charge in [-0.05, 0) is 68.5 Å². The Hall–Kier alpha value is -5.44. The van der Waals surface area contributed by atoms with Crippen LogP contribution in [0.2, 0.25) is 0 Å². The molecule has 6 unspecified atom stereocenters. The average molecular weight is 839 g/mol. The van der Waals surface area contributed by atoms with Crippen LogP contribution in [0.5, 0.6) is 5.75 Å². The number of ether oxygens (including phenoxy) is 3. The monoisotopic (exact) mass is 838 g/mol. The molecule has 6 rings (SSSR count). The SMILES string of the molecule is C=NN(C=NC)CC1(C(=C)C(F)=CC(F)=CC)CC(COc2ccc(N3CCN(C4C=CC(n5cnn(C(CC)C(C)OCc6ccccc6)c5=O)=CC4C)CC3)cc2)CO1. The second-order valence-corrected chi connectivity index (χ2v) is 16.0. The van der Waals surface area contributed by atoms with Gasteiger partial charge < -0.3 is 19.1 Å². The predicted molar refractivity (Wildman–Crippen MR) is 239 cm³/mol. The average Bonchev–Trinajstić information content (AvgIpc) is 3.88. The Kier molecular flexibility index (Phi) is 15.4. The van der Waals surface area contributed by atoms with Crippen molar-refractivity contribution in [2.45, 2.75) is 70.9 Å². The minimum Gasteiger partial charge on any atom is -0.493 e. The molecule has 0 amide bonds. The summed E-state index contributed by atoms with van der Waals surface area (Å²) >= 11 is 0. The summed E-state index contributed by atoms with van der Waals surface area (Å²) in [6.07, 6.45) is 12.4. The van der Waals surface area contributed by atoms with Crippen LogP contribution in [0.25, 0.3) is 5.70 Å². The Morgan fingerprint density at radius 2 is 1.87 bits per heavy atom. The number of hydrazone groups is 1. The molecule has 0 radical (unpaired) electrons. The van der Waals surface area contributed by atoms with Crippen molar-refractivity contribution in [3.63, 3.8) is 0 Å². The smallest absolute Gasteiger partial charge is 0.350 e. The number of hydrogen-bond donors (Lipinski definition) is 0. The quantitative estimate of drug-likeness (QED) is 0.0521. The summed E-state index contributed by atoms with van der Waals surface area (Å²) in [7, 11) is 1.60. The lowest BCUT2D eigenvalue weighted by atomic mass is 9.86. The second-order valence-electron chi connectivity index (χ2n) is 16.0. The molecule has 2 fully saturated rings. The number of aliphatic imine (C=N–C) groups is 1. The fraction of sp³-hybridized carbons (Fsp3) is 0.447. The number of aromatic nitrogens is 3. The number of halogens is 2. The third kappa shape index (κ3) is 10.9. The van der Waals surface area contributed by atoms with Crippen molar-refractivity contribution >= 4 is 24.4 Å². The molecular weight excluding hydrogens is 779 g/mol. The van der Waals surface area contributed by atoms with Gasteiger partial charge in [0.15, 0.2) is 0 Å². The van der Waals surface area contributed by atoms with Crippen LogP contribution in [0.3, 0.4) is 0 Å². The summed E-state index contributed by atoms with van der Waals surface area (Å²) in [6.45, 7) is 20.1. The molecule has 1 aliphatic carbocycles. The van der Waals surface area contributed by atoms with E-state index >= 15 is 4.39 Å². The lowest BCUT2D eigenvalue weighted by molar-refractivity contribution is 0.0117. The highest BCUT2D eigenvalue weighted by molar-refractivity contribution is 5.59. The van der Waals surface area contributed by atoms with Crippen LogP contribution in [0.15, 0.2) is 130 Å². The van der Waals surface area contributed by atoms with Gasteiger partial charge in [0, 0.05) is 74.9 Å². The lowest BCUT2D eigenvalue weighted by Gasteiger charge is -2.41. The van der Waals surface area contributed by atoms with Crippen molar-refractivity contribution in [3.05, 3.63) is 131 Å². The van der Waals surface area contributed by atoms with Gasteiger partial charge in [0.2, 0.25) is 0 Å². The van der Waals surface area contributed by atoms with Crippen molar-refractivity contribution in [1.29, 1.82) is 0 Å². The molecule has 1 aromatic heterocycles. The van der Waals surface area contributed by atoms with E-state index < -0.39 is 17.3 Å². The maximum atomic E-state index is 15.2. The zero-order valence-electron chi connectivity index (χ0n) is 36.1. The molecule has 61 heavy (non-hydrogen) atoms. The molecule has 2 aliphatic heterocycles. The van der Waals surface area contributed by atoms with E-state index in [4.69, 9.17) is 14.2 Å². The highest BCUT2D eigenvalue weighted by atomic mass is 19.1. The molecule has 3 heterocycles. The molecule has 6 atom stereocenters. The minimum atomic E-state index is -1.18. The summed E-state index contributed by atoms with van der Waals surface area (Å²) in [5.74, 6) is -0.663. The first-order valence-electron chi connectivity index (χ1n) is 21.1. The van der Waals surface area contributed by atoms with E-state index in [9.17, 15) is 9.18 Å². The summed E-state index contributed by atoms with van der Waals surface area (Å²) in [4.78, 5) is 22.5. The van der Waals surface area contributed by atoms with Crippen molar-refractivity contribution < 1.29 is 23.0 Å². The first kappa shape index (κ1) is 45.1. The first-order chi connectivity index (χ1) is 29.5. The number of nitrogens with zero attached hydrogens (tertiary/aromatic N) is 8. The molecule has 0 N–H and O–H groups in total. The maximum Gasteiger partial charge on any atom is 0.350 e.